The number of carbonyl (C=O) groups is 1. The van der Waals surface area contributed by atoms with Crippen LogP contribution in [0, 0.1) is 0 Å². The molecule has 0 unspecified atom stereocenters. The van der Waals surface area contributed by atoms with Crippen molar-refractivity contribution in [1.29, 1.82) is 0 Å². The predicted molar refractivity (Wildman–Crippen MR) is 108 cm³/mol. The summed E-state index contributed by atoms with van der Waals surface area (Å²) in [6.07, 6.45) is 2.74. The van der Waals surface area contributed by atoms with Gasteiger partial charge < -0.3 is 5.11 Å². The molecule has 0 atom stereocenters. The van der Waals surface area contributed by atoms with E-state index in [1.807, 2.05) is 53.7 Å². The number of thioether (sulfide) groups is 1. The van der Waals surface area contributed by atoms with Gasteiger partial charge in [-0.05, 0) is 34.6 Å². The third-order valence-electron chi connectivity index (χ3n) is 4.14. The van der Waals surface area contributed by atoms with E-state index in [1.54, 1.807) is 6.08 Å². The molecule has 1 saturated heterocycles. The first-order valence-corrected chi connectivity index (χ1v) is 11.2. The standard InChI is InChI=1S/C19H27NO4S2/c1-18(2,3)13-8-12(9-14(17(13)22)19(4,5)6)10-16-20(26(7,23)24)15(21)11-25-16/h8-10,22H,11H2,1-7H3. The third kappa shape index (κ3) is 4.26. The number of aromatic hydroxyl groups is 1. The topological polar surface area (TPSA) is 74.7 Å². The Morgan fingerprint density at radius 1 is 1.08 bits per heavy atom. The molecule has 1 N–H and O–H groups in total. The monoisotopic (exact) mass is 397 g/mol. The summed E-state index contributed by atoms with van der Waals surface area (Å²) in [5.74, 6) is -0.0632. The molecule has 0 radical (unpaired) electrons. The molecule has 0 aromatic heterocycles. The minimum Gasteiger partial charge on any atom is -0.507 e. The highest BCUT2D eigenvalue weighted by molar-refractivity contribution is 8.05. The Morgan fingerprint density at radius 3 is 1.92 bits per heavy atom. The van der Waals surface area contributed by atoms with Crippen LogP contribution in [0.25, 0.3) is 6.08 Å². The molecule has 0 bridgehead atoms. The van der Waals surface area contributed by atoms with Gasteiger partial charge in [-0.1, -0.05) is 53.3 Å². The lowest BCUT2D eigenvalue weighted by molar-refractivity contribution is -0.121. The van der Waals surface area contributed by atoms with E-state index in [4.69, 9.17) is 0 Å². The molecule has 1 heterocycles. The van der Waals surface area contributed by atoms with Gasteiger partial charge in [0.25, 0.3) is 5.91 Å². The maximum absolute atomic E-state index is 12.0. The number of sulfonamides is 1. The lowest BCUT2D eigenvalue weighted by Gasteiger charge is -2.28. The van der Waals surface area contributed by atoms with E-state index < -0.39 is 15.9 Å². The quantitative estimate of drug-likeness (QED) is 0.821. The first-order chi connectivity index (χ1) is 11.6. The molecule has 1 fully saturated rings. The lowest BCUT2D eigenvalue weighted by Crippen LogP contribution is -2.30. The number of hydrogen-bond donors (Lipinski definition) is 1. The van der Waals surface area contributed by atoms with Crippen molar-refractivity contribution in [3.8, 4) is 5.75 Å². The molecule has 1 amide bonds. The van der Waals surface area contributed by atoms with Gasteiger partial charge in [0.05, 0.1) is 17.0 Å². The van der Waals surface area contributed by atoms with Crippen LogP contribution in [0.1, 0.15) is 58.2 Å². The Labute approximate surface area is 160 Å². The molecular formula is C19H27NO4S2. The second-order valence-corrected chi connectivity index (χ2v) is 11.5. The summed E-state index contributed by atoms with van der Waals surface area (Å²) in [4.78, 5) is 12.0. The molecule has 0 aliphatic carbocycles. The molecule has 144 valence electrons. The van der Waals surface area contributed by atoms with Gasteiger partial charge in [0, 0.05) is 11.1 Å². The first-order valence-electron chi connectivity index (χ1n) is 8.38. The van der Waals surface area contributed by atoms with Gasteiger partial charge in [-0.3, -0.25) is 4.79 Å². The smallest absolute Gasteiger partial charge is 0.251 e. The molecule has 26 heavy (non-hydrogen) atoms. The van der Waals surface area contributed by atoms with Gasteiger partial charge in [0.2, 0.25) is 10.0 Å². The first kappa shape index (κ1) is 20.8. The highest BCUT2D eigenvalue weighted by Gasteiger charge is 2.34. The van der Waals surface area contributed by atoms with Crippen molar-refractivity contribution in [2.45, 2.75) is 52.4 Å². The van der Waals surface area contributed by atoms with E-state index in [9.17, 15) is 18.3 Å². The van der Waals surface area contributed by atoms with Crippen LogP contribution >= 0.6 is 11.8 Å². The van der Waals surface area contributed by atoms with Crippen molar-refractivity contribution >= 4 is 33.8 Å². The Hall–Kier alpha value is -1.47. The number of phenols is 1. The summed E-state index contributed by atoms with van der Waals surface area (Å²) < 4.78 is 24.8. The van der Waals surface area contributed by atoms with E-state index in [1.165, 1.54) is 11.8 Å². The van der Waals surface area contributed by atoms with Gasteiger partial charge in [-0.2, -0.15) is 0 Å². The van der Waals surface area contributed by atoms with Gasteiger partial charge >= 0.3 is 0 Å². The minimum atomic E-state index is -3.66. The summed E-state index contributed by atoms with van der Waals surface area (Å²) in [5, 5.41) is 11.2. The van der Waals surface area contributed by atoms with E-state index in [2.05, 4.69) is 0 Å². The van der Waals surface area contributed by atoms with Crippen molar-refractivity contribution in [3.05, 3.63) is 33.9 Å². The van der Waals surface area contributed by atoms with Crippen molar-refractivity contribution in [1.82, 2.24) is 4.31 Å². The summed E-state index contributed by atoms with van der Waals surface area (Å²) in [6, 6.07) is 3.72. The van der Waals surface area contributed by atoms with Crippen molar-refractivity contribution in [2.75, 3.05) is 12.0 Å². The molecule has 0 spiro atoms. The van der Waals surface area contributed by atoms with Gasteiger partial charge in [0.1, 0.15) is 5.75 Å². The number of phenolic OH excluding ortho intramolecular Hbond substituents is 1. The number of nitrogens with zero attached hydrogens (tertiary/aromatic N) is 1. The Kier molecular flexibility index (Phi) is 5.29. The number of rotatable bonds is 2. The Balaban J connectivity index is 2.69. The van der Waals surface area contributed by atoms with Gasteiger partial charge in [-0.25, -0.2) is 12.7 Å². The zero-order valence-electron chi connectivity index (χ0n) is 16.4. The normalized spacial score (nSPS) is 18.0. The van der Waals surface area contributed by atoms with E-state index in [0.717, 1.165) is 27.3 Å². The molecule has 7 heteroatoms. The van der Waals surface area contributed by atoms with E-state index in [0.29, 0.717) is 5.03 Å². The molecule has 1 aromatic carbocycles. The van der Waals surface area contributed by atoms with E-state index in [-0.39, 0.29) is 22.3 Å². The van der Waals surface area contributed by atoms with Crippen LogP contribution < -0.4 is 0 Å². The van der Waals surface area contributed by atoms with E-state index >= 15 is 0 Å². The highest BCUT2D eigenvalue weighted by atomic mass is 32.2. The summed E-state index contributed by atoms with van der Waals surface area (Å²) >= 11 is 1.21. The summed E-state index contributed by atoms with van der Waals surface area (Å²) in [6.45, 7) is 12.1. The average Bonchev–Trinajstić information content (AvgIpc) is 2.78. The largest absolute Gasteiger partial charge is 0.507 e. The minimum absolute atomic E-state index is 0.106. The molecule has 1 aromatic rings. The number of hydrogen-bond acceptors (Lipinski definition) is 5. The molecule has 0 saturated carbocycles. The Bertz CT molecular complexity index is 837. The van der Waals surface area contributed by atoms with Crippen LogP contribution in [-0.4, -0.2) is 35.7 Å². The molecule has 1 aliphatic heterocycles. The van der Waals surface area contributed by atoms with Crippen molar-refractivity contribution in [3.63, 3.8) is 0 Å². The average molecular weight is 398 g/mol. The van der Waals surface area contributed by atoms with Crippen LogP contribution in [-0.2, 0) is 25.6 Å². The van der Waals surface area contributed by atoms with Gasteiger partial charge in [0.15, 0.2) is 0 Å². The predicted octanol–water partition coefficient (Wildman–Crippen LogP) is 3.82. The maximum Gasteiger partial charge on any atom is 0.251 e. The van der Waals surface area contributed by atoms with Crippen molar-refractivity contribution in [2.24, 2.45) is 0 Å². The fraction of sp³-hybridized carbons (Fsp3) is 0.526. The zero-order chi connectivity index (χ0) is 20.1. The SMILES string of the molecule is CC(C)(C)c1cc(C=C2SCC(=O)N2S(C)(=O)=O)cc(C(C)(C)C)c1O. The van der Waals surface area contributed by atoms with Crippen LogP contribution in [0.4, 0.5) is 0 Å². The fourth-order valence-corrected chi connectivity index (χ4v) is 5.15. The fourth-order valence-electron chi connectivity index (χ4n) is 2.85. The number of amides is 1. The highest BCUT2D eigenvalue weighted by Crippen LogP contribution is 2.41. The maximum atomic E-state index is 12.0. The molecule has 1 aliphatic rings. The molecular weight excluding hydrogens is 370 g/mol. The second-order valence-electron chi connectivity index (χ2n) is 8.66. The van der Waals surface area contributed by atoms with Crippen LogP contribution in [0.3, 0.4) is 0 Å². The van der Waals surface area contributed by atoms with Crippen LogP contribution in [0.5, 0.6) is 5.75 Å². The lowest BCUT2D eigenvalue weighted by atomic mass is 9.78. The summed E-state index contributed by atoms with van der Waals surface area (Å²) in [7, 11) is -3.66. The molecule has 2 rings (SSSR count). The van der Waals surface area contributed by atoms with Crippen LogP contribution in [0.15, 0.2) is 17.2 Å². The Morgan fingerprint density at radius 2 is 1.54 bits per heavy atom. The second kappa shape index (κ2) is 6.60. The number of benzene rings is 1. The van der Waals surface area contributed by atoms with Gasteiger partial charge in [-0.15, -0.1) is 0 Å². The zero-order valence-corrected chi connectivity index (χ0v) is 18.0. The third-order valence-corrected chi connectivity index (χ3v) is 6.31. The summed E-state index contributed by atoms with van der Waals surface area (Å²) in [5.41, 5.74) is 1.78. The number of carbonyl (C=O) groups excluding carboxylic acids is 1. The van der Waals surface area contributed by atoms with Crippen LogP contribution in [0.2, 0.25) is 0 Å². The van der Waals surface area contributed by atoms with Crippen molar-refractivity contribution < 1.29 is 18.3 Å². The molecule has 5 nitrogen and oxygen atoms in total.